The van der Waals surface area contributed by atoms with Crippen LogP contribution in [0, 0.1) is 5.92 Å². The fourth-order valence-electron chi connectivity index (χ4n) is 4.03. The van der Waals surface area contributed by atoms with Crippen LogP contribution in [0.1, 0.15) is 28.8 Å². The first-order valence-electron chi connectivity index (χ1n) is 9.84. The van der Waals surface area contributed by atoms with E-state index in [4.69, 9.17) is 4.74 Å². The Morgan fingerprint density at radius 1 is 1.11 bits per heavy atom. The first kappa shape index (κ1) is 18.6. The van der Waals surface area contributed by atoms with Crippen LogP contribution in [0.3, 0.4) is 0 Å². The van der Waals surface area contributed by atoms with Crippen molar-refractivity contribution in [1.29, 1.82) is 0 Å². The van der Waals surface area contributed by atoms with Crippen molar-refractivity contribution in [3.63, 3.8) is 0 Å². The van der Waals surface area contributed by atoms with Crippen LogP contribution >= 0.6 is 0 Å². The second-order valence-electron chi connectivity index (χ2n) is 7.54. The molecule has 146 valence electrons. The van der Waals surface area contributed by atoms with Gasteiger partial charge in [-0.05, 0) is 30.5 Å². The van der Waals surface area contributed by atoms with Crippen LogP contribution in [0.5, 0.6) is 0 Å². The summed E-state index contributed by atoms with van der Waals surface area (Å²) in [7, 11) is 0. The van der Waals surface area contributed by atoms with Crippen molar-refractivity contribution in [3.05, 3.63) is 59.8 Å². The van der Waals surface area contributed by atoms with Gasteiger partial charge < -0.3 is 14.4 Å². The zero-order valence-corrected chi connectivity index (χ0v) is 15.9. The molecule has 2 atom stereocenters. The van der Waals surface area contributed by atoms with Gasteiger partial charge in [-0.1, -0.05) is 30.3 Å². The van der Waals surface area contributed by atoms with Gasteiger partial charge in [-0.25, -0.2) is 9.78 Å². The lowest BCUT2D eigenvalue weighted by Gasteiger charge is -2.45. The molecule has 0 amide bonds. The van der Waals surface area contributed by atoms with E-state index in [2.05, 4.69) is 14.8 Å². The number of esters is 1. The van der Waals surface area contributed by atoms with Gasteiger partial charge in [-0.15, -0.1) is 0 Å². The Morgan fingerprint density at radius 3 is 2.71 bits per heavy atom. The Morgan fingerprint density at radius 2 is 1.96 bits per heavy atom. The summed E-state index contributed by atoms with van der Waals surface area (Å²) in [6, 6.07) is 13.8. The van der Waals surface area contributed by atoms with E-state index in [9.17, 15) is 9.59 Å². The molecule has 2 aliphatic heterocycles. The highest BCUT2D eigenvalue weighted by Crippen LogP contribution is 2.26. The van der Waals surface area contributed by atoms with Crippen molar-refractivity contribution in [2.24, 2.45) is 5.92 Å². The first-order chi connectivity index (χ1) is 13.7. The van der Waals surface area contributed by atoms with Gasteiger partial charge in [0, 0.05) is 44.3 Å². The van der Waals surface area contributed by atoms with Gasteiger partial charge in [0.25, 0.3) is 0 Å². The van der Waals surface area contributed by atoms with Gasteiger partial charge in [0.05, 0.1) is 5.56 Å². The largest absolute Gasteiger partial charge is 0.457 e. The highest BCUT2D eigenvalue weighted by Gasteiger charge is 2.33. The third kappa shape index (κ3) is 4.22. The summed E-state index contributed by atoms with van der Waals surface area (Å²) in [5.41, 5.74) is 1.42. The molecule has 0 spiro atoms. The van der Waals surface area contributed by atoms with E-state index < -0.39 is 0 Å². The Labute approximate surface area is 165 Å². The molecule has 0 radical (unpaired) electrons. The molecule has 28 heavy (non-hydrogen) atoms. The zero-order chi connectivity index (χ0) is 19.3. The smallest absolute Gasteiger partial charge is 0.340 e. The van der Waals surface area contributed by atoms with Gasteiger partial charge in [0.15, 0.2) is 0 Å². The maximum Gasteiger partial charge on any atom is 0.340 e. The minimum absolute atomic E-state index is 0.183. The zero-order valence-electron chi connectivity index (χ0n) is 15.9. The maximum atomic E-state index is 12.2. The number of piperidine rings is 1. The summed E-state index contributed by atoms with van der Waals surface area (Å²) in [4.78, 5) is 32.5. The van der Waals surface area contributed by atoms with Crippen LogP contribution in [0.2, 0.25) is 0 Å². The van der Waals surface area contributed by atoms with Gasteiger partial charge in [0.2, 0.25) is 0 Å². The van der Waals surface area contributed by atoms with E-state index in [1.54, 1.807) is 12.3 Å². The molecule has 2 saturated heterocycles. The van der Waals surface area contributed by atoms with Crippen LogP contribution in [0.4, 0.5) is 5.82 Å². The van der Waals surface area contributed by atoms with Crippen molar-refractivity contribution in [1.82, 2.24) is 9.88 Å². The van der Waals surface area contributed by atoms with Crippen LogP contribution in [-0.2, 0) is 16.1 Å². The number of hydrogen-bond acceptors (Lipinski definition) is 6. The third-order valence-corrected chi connectivity index (χ3v) is 5.66. The number of benzene rings is 1. The number of aldehydes is 1. The standard InChI is InChI=1S/C22H25N3O3/c26-15-18-6-8-20-14-25(11-10-24(20)13-18)21-9-7-19(12-23-21)22(27)28-16-17-4-2-1-3-5-17/h1-5,7,9,12,15,18,20H,6,8,10-11,13-14,16H2. The van der Waals surface area contributed by atoms with Gasteiger partial charge >= 0.3 is 5.97 Å². The number of nitrogens with zero attached hydrogens (tertiary/aromatic N) is 3. The number of carbonyl (C=O) groups is 2. The number of pyridine rings is 1. The molecule has 0 aliphatic carbocycles. The second kappa shape index (κ2) is 8.52. The van der Waals surface area contributed by atoms with Crippen molar-refractivity contribution in [2.75, 3.05) is 31.1 Å². The number of fused-ring (bicyclic) bond motifs is 1. The quantitative estimate of drug-likeness (QED) is 0.588. The Kier molecular flexibility index (Phi) is 5.67. The van der Waals surface area contributed by atoms with E-state index in [1.807, 2.05) is 36.4 Å². The average Bonchev–Trinajstić information content (AvgIpc) is 2.77. The maximum absolute atomic E-state index is 12.2. The molecule has 0 N–H and O–H groups in total. The van der Waals surface area contributed by atoms with Crippen LogP contribution in [-0.4, -0.2) is 54.4 Å². The van der Waals surface area contributed by atoms with E-state index in [1.165, 1.54) is 0 Å². The van der Waals surface area contributed by atoms with Gasteiger partial charge in [-0.3, -0.25) is 4.90 Å². The molecule has 6 nitrogen and oxygen atoms in total. The number of rotatable bonds is 5. The summed E-state index contributed by atoms with van der Waals surface area (Å²) in [6.45, 7) is 3.87. The number of carbonyl (C=O) groups excluding carboxylic acids is 2. The molecular formula is C22H25N3O3. The SMILES string of the molecule is O=CC1CCC2CN(c3ccc(C(=O)OCc4ccccc4)cn3)CCN2C1. The molecule has 0 bridgehead atoms. The topological polar surface area (TPSA) is 62.7 Å². The lowest BCUT2D eigenvalue weighted by atomic mass is 9.92. The number of anilines is 1. The van der Waals surface area contributed by atoms with Gasteiger partial charge in [0.1, 0.15) is 18.7 Å². The van der Waals surface area contributed by atoms with Crippen molar-refractivity contribution in [2.45, 2.75) is 25.5 Å². The Bertz CT molecular complexity index is 810. The monoisotopic (exact) mass is 379 g/mol. The van der Waals surface area contributed by atoms with Crippen molar-refractivity contribution in [3.8, 4) is 0 Å². The molecule has 2 unspecified atom stereocenters. The summed E-state index contributed by atoms with van der Waals surface area (Å²) >= 11 is 0. The summed E-state index contributed by atoms with van der Waals surface area (Å²) in [6.07, 6.45) is 4.71. The van der Waals surface area contributed by atoms with Gasteiger partial charge in [-0.2, -0.15) is 0 Å². The summed E-state index contributed by atoms with van der Waals surface area (Å²) < 4.78 is 5.36. The highest BCUT2D eigenvalue weighted by molar-refractivity contribution is 5.89. The first-order valence-corrected chi connectivity index (χ1v) is 9.84. The lowest BCUT2D eigenvalue weighted by molar-refractivity contribution is -0.113. The predicted molar refractivity (Wildman–Crippen MR) is 106 cm³/mol. The fraction of sp³-hybridized carbons (Fsp3) is 0.409. The number of ether oxygens (including phenoxy) is 1. The molecule has 1 aromatic heterocycles. The molecular weight excluding hydrogens is 354 g/mol. The van der Waals surface area contributed by atoms with Crippen molar-refractivity contribution < 1.29 is 14.3 Å². The van der Waals surface area contributed by atoms with E-state index in [0.29, 0.717) is 11.6 Å². The number of hydrogen-bond donors (Lipinski definition) is 0. The minimum atomic E-state index is -0.361. The third-order valence-electron chi connectivity index (χ3n) is 5.66. The van der Waals surface area contributed by atoms with Crippen molar-refractivity contribution >= 4 is 18.1 Å². The normalized spacial score (nSPS) is 22.4. The minimum Gasteiger partial charge on any atom is -0.457 e. The summed E-state index contributed by atoms with van der Waals surface area (Å²) in [5, 5.41) is 0. The molecule has 2 aliphatic rings. The van der Waals surface area contributed by atoms with E-state index in [-0.39, 0.29) is 18.5 Å². The molecule has 1 aromatic carbocycles. The van der Waals surface area contributed by atoms with Crippen LogP contribution < -0.4 is 4.90 Å². The second-order valence-corrected chi connectivity index (χ2v) is 7.54. The average molecular weight is 379 g/mol. The number of piperazine rings is 1. The highest BCUT2D eigenvalue weighted by atomic mass is 16.5. The molecule has 2 fully saturated rings. The molecule has 6 heteroatoms. The molecule has 4 rings (SSSR count). The van der Waals surface area contributed by atoms with E-state index >= 15 is 0 Å². The lowest BCUT2D eigenvalue weighted by Crippen LogP contribution is -2.56. The molecule has 3 heterocycles. The number of aromatic nitrogens is 1. The van der Waals surface area contributed by atoms with Crippen LogP contribution in [0.25, 0.3) is 0 Å². The van der Waals surface area contributed by atoms with E-state index in [0.717, 1.165) is 56.7 Å². The summed E-state index contributed by atoms with van der Waals surface area (Å²) in [5.74, 6) is 0.707. The fourth-order valence-corrected chi connectivity index (χ4v) is 4.03. The van der Waals surface area contributed by atoms with Crippen LogP contribution in [0.15, 0.2) is 48.7 Å². The Hall–Kier alpha value is -2.73. The Balaban J connectivity index is 1.33. The molecule has 0 saturated carbocycles. The predicted octanol–water partition coefficient (Wildman–Crippen LogP) is 2.54. The molecule has 2 aromatic rings.